The number of pyridine rings is 1. The molecular weight excluding hydrogens is 644 g/mol. The molecule has 1 aromatic heterocycles. The number of likely N-dealkylation sites (tertiary alicyclic amines) is 1. The van der Waals surface area contributed by atoms with E-state index in [4.69, 9.17) is 9.47 Å². The van der Waals surface area contributed by atoms with Gasteiger partial charge in [0, 0.05) is 50.4 Å². The van der Waals surface area contributed by atoms with Crippen molar-refractivity contribution in [3.05, 3.63) is 77.5 Å². The number of hydrogen-bond donors (Lipinski definition) is 0. The molecule has 0 aliphatic carbocycles. The second-order valence-electron chi connectivity index (χ2n) is 12.5. The fraction of sp³-hybridized carbons (Fsp3) is 0.444. The number of nitriles is 1. The Morgan fingerprint density at radius 1 is 1.00 bits per heavy atom. The van der Waals surface area contributed by atoms with Gasteiger partial charge in [-0.15, -0.1) is 0 Å². The lowest BCUT2D eigenvalue weighted by atomic mass is 9.72. The van der Waals surface area contributed by atoms with Crippen molar-refractivity contribution in [2.24, 2.45) is 0 Å². The minimum atomic E-state index is -4.57. The molecule has 13 heteroatoms. The van der Waals surface area contributed by atoms with Crippen LogP contribution in [0.25, 0.3) is 0 Å². The second-order valence-corrected chi connectivity index (χ2v) is 14.3. The topological polar surface area (TPSA) is 136 Å². The van der Waals surface area contributed by atoms with Crippen molar-refractivity contribution in [1.82, 2.24) is 19.7 Å². The molecule has 2 amide bonds. The molecular formula is C36H42N6O6S. The number of fused-ring (bicyclic) bond motifs is 1. The number of hydrogen-bond acceptors (Lipinski definition) is 10. The molecule has 4 heterocycles. The zero-order valence-corrected chi connectivity index (χ0v) is 29.0. The van der Waals surface area contributed by atoms with Gasteiger partial charge in [0.1, 0.15) is 16.1 Å². The number of amides is 2. The van der Waals surface area contributed by atoms with Gasteiger partial charge < -0.3 is 19.3 Å². The summed E-state index contributed by atoms with van der Waals surface area (Å²) in [5, 5.41) is 9.93. The van der Waals surface area contributed by atoms with Gasteiger partial charge >= 0.3 is 0 Å². The van der Waals surface area contributed by atoms with Crippen LogP contribution in [0, 0.1) is 11.3 Å². The zero-order chi connectivity index (χ0) is 34.8. The number of anilines is 1. The van der Waals surface area contributed by atoms with Gasteiger partial charge in [0.25, 0.3) is 15.9 Å². The Hall–Kier alpha value is -4.51. The van der Waals surface area contributed by atoms with Crippen LogP contribution in [0.3, 0.4) is 0 Å². The Morgan fingerprint density at radius 2 is 1.73 bits per heavy atom. The third-order valence-electron chi connectivity index (χ3n) is 10.1. The molecule has 3 aromatic rings. The minimum absolute atomic E-state index is 0.0530. The van der Waals surface area contributed by atoms with Gasteiger partial charge in [0.2, 0.25) is 11.8 Å². The van der Waals surface area contributed by atoms with Crippen molar-refractivity contribution in [2.75, 3.05) is 63.8 Å². The predicted octanol–water partition coefficient (Wildman–Crippen LogP) is 3.40. The van der Waals surface area contributed by atoms with E-state index in [1.54, 1.807) is 36.1 Å². The highest BCUT2D eigenvalue weighted by Crippen LogP contribution is 2.53. The van der Waals surface area contributed by atoms with Crippen LogP contribution in [-0.2, 0) is 25.0 Å². The first kappa shape index (κ1) is 34.4. The summed E-state index contributed by atoms with van der Waals surface area (Å²) < 4.78 is 41.0. The third-order valence-corrected chi connectivity index (χ3v) is 11.8. The standard InChI is InChI=1S/C36H42N6O6S/c1-4-39-17-14-27(15-18-39)40-19-21-41(22-20-40)33(43)24-36(28-9-8-16-38-34(28)48-5-2)29-23-26(25-37)12-13-30(29)42(35(36)44)49(45,46)32-11-7-6-10-31(32)47-3/h6-13,16,23,27H,4-5,14-15,17-22,24H2,1-3H3. The maximum atomic E-state index is 15.1. The van der Waals surface area contributed by atoms with Gasteiger partial charge in [0.15, 0.2) is 0 Å². The predicted molar refractivity (Wildman–Crippen MR) is 183 cm³/mol. The number of rotatable bonds is 10. The normalized spacial score (nSPS) is 20.6. The molecule has 2 saturated heterocycles. The monoisotopic (exact) mass is 686 g/mol. The summed E-state index contributed by atoms with van der Waals surface area (Å²) in [4.78, 5) is 40.5. The van der Waals surface area contributed by atoms with E-state index in [0.717, 1.165) is 36.8 Å². The molecule has 0 saturated carbocycles. The van der Waals surface area contributed by atoms with Crippen LogP contribution < -0.4 is 13.8 Å². The van der Waals surface area contributed by atoms with Crippen LogP contribution in [0.2, 0.25) is 0 Å². The van der Waals surface area contributed by atoms with E-state index in [1.807, 2.05) is 0 Å². The average molecular weight is 687 g/mol. The SMILES string of the molecule is CCOc1ncccc1C1(CC(=O)N2CCN(C3CCN(CC)CC3)CC2)C(=O)N(S(=O)(=O)c2ccccc2OC)c2ccc(C#N)cc21. The molecule has 0 N–H and O–H groups in total. The molecule has 6 rings (SSSR count). The van der Waals surface area contributed by atoms with Gasteiger partial charge in [0.05, 0.1) is 31.0 Å². The molecule has 1 atom stereocenters. The number of carbonyl (C=O) groups is 2. The van der Waals surface area contributed by atoms with E-state index in [2.05, 4.69) is 27.8 Å². The van der Waals surface area contributed by atoms with Crippen molar-refractivity contribution in [3.63, 3.8) is 0 Å². The van der Waals surface area contributed by atoms with Crippen LogP contribution in [-0.4, -0.2) is 105 Å². The Bertz CT molecular complexity index is 1860. The number of methoxy groups -OCH3 is 1. The number of benzene rings is 2. The molecule has 2 aromatic carbocycles. The van der Waals surface area contributed by atoms with E-state index >= 15 is 4.79 Å². The highest BCUT2D eigenvalue weighted by atomic mass is 32.2. The van der Waals surface area contributed by atoms with Crippen molar-refractivity contribution in [1.29, 1.82) is 5.26 Å². The van der Waals surface area contributed by atoms with Gasteiger partial charge in [-0.25, -0.2) is 17.7 Å². The van der Waals surface area contributed by atoms with Gasteiger partial charge in [-0.2, -0.15) is 5.26 Å². The molecule has 12 nitrogen and oxygen atoms in total. The number of carbonyl (C=O) groups excluding carboxylic acids is 2. The van der Waals surface area contributed by atoms with Crippen molar-refractivity contribution in [3.8, 4) is 17.7 Å². The van der Waals surface area contributed by atoms with E-state index in [1.165, 1.54) is 43.6 Å². The Morgan fingerprint density at radius 3 is 2.41 bits per heavy atom. The van der Waals surface area contributed by atoms with Gasteiger partial charge in [-0.05, 0) is 81.4 Å². The summed E-state index contributed by atoms with van der Waals surface area (Å²) in [6.07, 6.45) is 3.32. The van der Waals surface area contributed by atoms with Gasteiger partial charge in [-0.3, -0.25) is 14.5 Å². The third kappa shape index (κ3) is 6.13. The number of nitrogens with zero attached hydrogens (tertiary/aromatic N) is 6. The average Bonchev–Trinajstić information content (AvgIpc) is 3.39. The van der Waals surface area contributed by atoms with Gasteiger partial charge in [-0.1, -0.05) is 25.1 Å². The Balaban J connectivity index is 1.42. The number of aromatic nitrogens is 1. The van der Waals surface area contributed by atoms with Crippen molar-refractivity contribution >= 4 is 27.5 Å². The summed E-state index contributed by atoms with van der Waals surface area (Å²) in [7, 11) is -3.22. The van der Waals surface area contributed by atoms with Crippen molar-refractivity contribution in [2.45, 2.75) is 49.5 Å². The second kappa shape index (κ2) is 14.2. The zero-order valence-electron chi connectivity index (χ0n) is 28.2. The maximum Gasteiger partial charge on any atom is 0.274 e. The lowest BCUT2D eigenvalue weighted by Gasteiger charge is -2.43. The number of ether oxygens (including phenoxy) is 2. The molecule has 3 aliphatic rings. The van der Waals surface area contributed by atoms with Crippen LogP contribution in [0.4, 0.5) is 5.69 Å². The lowest BCUT2D eigenvalue weighted by Crippen LogP contribution is -2.55. The molecule has 1 unspecified atom stereocenters. The van der Waals surface area contributed by atoms with Crippen LogP contribution in [0.15, 0.2) is 65.7 Å². The fourth-order valence-corrected chi connectivity index (χ4v) is 9.11. The first-order valence-corrected chi connectivity index (χ1v) is 18.2. The molecule has 0 radical (unpaired) electrons. The van der Waals surface area contributed by atoms with Crippen LogP contribution >= 0.6 is 0 Å². The molecule has 49 heavy (non-hydrogen) atoms. The summed E-state index contributed by atoms with van der Waals surface area (Å²) >= 11 is 0. The number of piperidine rings is 1. The summed E-state index contributed by atoms with van der Waals surface area (Å²) in [5.41, 5.74) is -1.12. The highest BCUT2D eigenvalue weighted by Gasteiger charge is 2.59. The summed E-state index contributed by atoms with van der Waals surface area (Å²) in [6.45, 7) is 9.75. The molecule has 0 spiro atoms. The van der Waals surface area contributed by atoms with Crippen LogP contribution in [0.1, 0.15) is 49.8 Å². The fourth-order valence-electron chi connectivity index (χ4n) is 7.46. The van der Waals surface area contributed by atoms with E-state index < -0.39 is 21.3 Å². The molecule has 258 valence electrons. The van der Waals surface area contributed by atoms with E-state index in [0.29, 0.717) is 32.2 Å². The van der Waals surface area contributed by atoms with E-state index in [9.17, 15) is 18.5 Å². The molecule has 0 bridgehead atoms. The van der Waals surface area contributed by atoms with Crippen LogP contribution in [0.5, 0.6) is 11.6 Å². The number of para-hydroxylation sites is 1. The lowest BCUT2D eigenvalue weighted by molar-refractivity contribution is -0.137. The minimum Gasteiger partial charge on any atom is -0.495 e. The van der Waals surface area contributed by atoms with Crippen molar-refractivity contribution < 1.29 is 27.5 Å². The number of sulfonamides is 1. The Kier molecular flexibility index (Phi) is 9.92. The molecule has 2 fully saturated rings. The maximum absolute atomic E-state index is 15.1. The smallest absolute Gasteiger partial charge is 0.274 e. The summed E-state index contributed by atoms with van der Waals surface area (Å²) in [5.74, 6) is -0.981. The first-order chi connectivity index (χ1) is 23.7. The number of piperazine rings is 1. The largest absolute Gasteiger partial charge is 0.495 e. The summed E-state index contributed by atoms with van der Waals surface area (Å²) in [6, 6.07) is 16.3. The van der Waals surface area contributed by atoms with E-state index in [-0.39, 0.29) is 57.8 Å². The Labute approximate surface area is 287 Å². The quantitative estimate of drug-likeness (QED) is 0.312. The highest BCUT2D eigenvalue weighted by molar-refractivity contribution is 7.93. The molecule has 3 aliphatic heterocycles. The first-order valence-electron chi connectivity index (χ1n) is 16.8.